The highest BCUT2D eigenvalue weighted by Gasteiger charge is 2.25. The Morgan fingerprint density at radius 2 is 2.05 bits per heavy atom. The van der Waals surface area contributed by atoms with Crippen molar-refractivity contribution in [2.75, 3.05) is 6.54 Å². The summed E-state index contributed by atoms with van der Waals surface area (Å²) in [7, 11) is 0. The maximum absolute atomic E-state index is 12.0. The van der Waals surface area contributed by atoms with Gasteiger partial charge >= 0.3 is 0 Å². The molecule has 106 valence electrons. The lowest BCUT2D eigenvalue weighted by Gasteiger charge is -2.27. The first-order valence-electron chi connectivity index (χ1n) is 6.63. The fourth-order valence-corrected chi connectivity index (χ4v) is 2.49. The largest absolute Gasteiger partial charge is 0.388 e. The van der Waals surface area contributed by atoms with E-state index in [4.69, 9.17) is 0 Å². The number of nitrogens with one attached hydrogen (secondary N) is 1. The van der Waals surface area contributed by atoms with Crippen molar-refractivity contribution in [3.05, 3.63) is 28.5 Å². The molecular weight excluding hydrogens is 308 g/mol. The van der Waals surface area contributed by atoms with Crippen molar-refractivity contribution >= 4 is 21.8 Å². The van der Waals surface area contributed by atoms with Gasteiger partial charge in [-0.05, 0) is 40.9 Å². The van der Waals surface area contributed by atoms with Crippen LogP contribution in [0.5, 0.6) is 0 Å². The summed E-state index contributed by atoms with van der Waals surface area (Å²) >= 11 is 3.23. The molecule has 2 N–H and O–H groups in total. The Morgan fingerprint density at radius 3 is 2.58 bits per heavy atom. The Morgan fingerprint density at radius 1 is 1.42 bits per heavy atom. The fourth-order valence-electron chi connectivity index (χ4n) is 2.12. The molecule has 1 rings (SSSR count). The van der Waals surface area contributed by atoms with Gasteiger partial charge in [-0.1, -0.05) is 26.7 Å². The minimum absolute atomic E-state index is 0.186. The minimum Gasteiger partial charge on any atom is -0.388 e. The number of aromatic nitrogens is 1. The van der Waals surface area contributed by atoms with E-state index in [-0.39, 0.29) is 12.5 Å². The van der Waals surface area contributed by atoms with E-state index < -0.39 is 5.60 Å². The van der Waals surface area contributed by atoms with Gasteiger partial charge in [0.2, 0.25) is 0 Å². The molecule has 0 aliphatic heterocycles. The van der Waals surface area contributed by atoms with E-state index >= 15 is 0 Å². The van der Waals surface area contributed by atoms with Gasteiger partial charge in [-0.2, -0.15) is 0 Å². The van der Waals surface area contributed by atoms with Gasteiger partial charge in [0.25, 0.3) is 5.91 Å². The normalized spacial score (nSPS) is 11.4. The molecule has 0 unspecified atom stereocenters. The van der Waals surface area contributed by atoms with Gasteiger partial charge in [0.1, 0.15) is 4.60 Å². The van der Waals surface area contributed by atoms with Gasteiger partial charge in [-0.15, -0.1) is 0 Å². The van der Waals surface area contributed by atoms with Crippen molar-refractivity contribution in [3.8, 4) is 0 Å². The Kier molecular flexibility index (Phi) is 6.45. The number of hydrogen-bond acceptors (Lipinski definition) is 3. The number of nitrogens with zero attached hydrogens (tertiary/aromatic N) is 1. The molecule has 4 nitrogen and oxygen atoms in total. The molecule has 0 fully saturated rings. The molecule has 0 aliphatic rings. The second-order valence-electron chi connectivity index (χ2n) is 4.77. The lowest BCUT2D eigenvalue weighted by molar-refractivity contribution is 0.0213. The third kappa shape index (κ3) is 5.28. The average Bonchev–Trinajstić information content (AvgIpc) is 2.37. The van der Waals surface area contributed by atoms with Crippen LogP contribution in [0.25, 0.3) is 0 Å². The van der Waals surface area contributed by atoms with Gasteiger partial charge < -0.3 is 10.4 Å². The molecule has 19 heavy (non-hydrogen) atoms. The van der Waals surface area contributed by atoms with Crippen LogP contribution >= 0.6 is 15.9 Å². The molecule has 0 saturated heterocycles. The van der Waals surface area contributed by atoms with Crippen molar-refractivity contribution in [2.24, 2.45) is 0 Å². The minimum atomic E-state index is -0.802. The maximum Gasteiger partial charge on any atom is 0.251 e. The van der Waals surface area contributed by atoms with Crippen molar-refractivity contribution in [2.45, 2.75) is 45.1 Å². The van der Waals surface area contributed by atoms with E-state index in [1.54, 1.807) is 18.3 Å². The van der Waals surface area contributed by atoms with Crippen LogP contribution in [0.1, 0.15) is 49.9 Å². The first-order valence-corrected chi connectivity index (χ1v) is 7.42. The molecule has 1 aromatic rings. The molecule has 5 heteroatoms. The van der Waals surface area contributed by atoms with Gasteiger partial charge in [0, 0.05) is 18.3 Å². The van der Waals surface area contributed by atoms with Crippen molar-refractivity contribution in [3.63, 3.8) is 0 Å². The first-order chi connectivity index (χ1) is 9.00. The zero-order valence-corrected chi connectivity index (χ0v) is 13.0. The highest BCUT2D eigenvalue weighted by Crippen LogP contribution is 2.18. The fraction of sp³-hybridized carbons (Fsp3) is 0.571. The smallest absolute Gasteiger partial charge is 0.251 e. The molecule has 1 amide bonds. The SMILES string of the molecule is CCCC(O)(CCC)CNC(=O)c1ccnc(Br)c1. The summed E-state index contributed by atoms with van der Waals surface area (Å²) in [5.74, 6) is -0.186. The predicted octanol–water partition coefficient (Wildman–Crippen LogP) is 2.91. The quantitative estimate of drug-likeness (QED) is 0.756. The van der Waals surface area contributed by atoms with Crippen molar-refractivity contribution < 1.29 is 9.90 Å². The van der Waals surface area contributed by atoms with Gasteiger partial charge in [-0.3, -0.25) is 4.79 Å². The summed E-state index contributed by atoms with van der Waals surface area (Å²) in [5.41, 5.74) is -0.263. The number of rotatable bonds is 7. The molecule has 0 aromatic carbocycles. The molecule has 1 heterocycles. The lowest BCUT2D eigenvalue weighted by atomic mass is 9.92. The van der Waals surface area contributed by atoms with E-state index in [0.717, 1.165) is 12.8 Å². The summed E-state index contributed by atoms with van der Waals surface area (Å²) in [6.45, 7) is 4.35. The zero-order chi connectivity index (χ0) is 14.3. The van der Waals surface area contributed by atoms with E-state index in [2.05, 4.69) is 26.2 Å². The van der Waals surface area contributed by atoms with Crippen LogP contribution in [-0.4, -0.2) is 28.1 Å². The maximum atomic E-state index is 12.0. The number of carbonyl (C=O) groups excluding carboxylic acids is 1. The highest BCUT2D eigenvalue weighted by molar-refractivity contribution is 9.10. The van der Waals surface area contributed by atoms with Gasteiger partial charge in [-0.25, -0.2) is 4.98 Å². The number of halogens is 1. The number of carbonyl (C=O) groups is 1. The highest BCUT2D eigenvalue weighted by atomic mass is 79.9. The van der Waals surface area contributed by atoms with Crippen LogP contribution in [0, 0.1) is 0 Å². The van der Waals surface area contributed by atoms with Crippen LogP contribution in [0.15, 0.2) is 22.9 Å². The van der Waals surface area contributed by atoms with E-state index in [1.165, 1.54) is 0 Å². The number of aliphatic hydroxyl groups is 1. The van der Waals surface area contributed by atoms with Gasteiger partial charge in [0.15, 0.2) is 0 Å². The monoisotopic (exact) mass is 328 g/mol. The molecule has 1 aromatic heterocycles. The molecule has 0 bridgehead atoms. The van der Waals surface area contributed by atoms with Crippen LogP contribution in [0.4, 0.5) is 0 Å². The Hall–Kier alpha value is -0.940. The number of pyridine rings is 1. The second kappa shape index (κ2) is 7.60. The topological polar surface area (TPSA) is 62.2 Å². The van der Waals surface area contributed by atoms with Crippen LogP contribution in [0.3, 0.4) is 0 Å². The Bertz CT molecular complexity index is 418. The number of hydrogen-bond donors (Lipinski definition) is 2. The van der Waals surface area contributed by atoms with E-state index in [1.807, 2.05) is 13.8 Å². The summed E-state index contributed by atoms with van der Waals surface area (Å²) in [5, 5.41) is 13.2. The molecular formula is C14H21BrN2O2. The second-order valence-corrected chi connectivity index (χ2v) is 5.59. The Balaban J connectivity index is 2.61. The lowest BCUT2D eigenvalue weighted by Crippen LogP contribution is -2.42. The predicted molar refractivity (Wildman–Crippen MR) is 79.0 cm³/mol. The molecule has 0 radical (unpaired) electrons. The summed E-state index contributed by atoms with van der Waals surface area (Å²) < 4.78 is 0.623. The Labute approximate surface area is 122 Å². The standard InChI is InChI=1S/C14H21BrN2O2/c1-3-6-14(19,7-4-2)10-17-13(18)11-5-8-16-12(15)9-11/h5,8-9,19H,3-4,6-7,10H2,1-2H3,(H,17,18). The summed E-state index contributed by atoms with van der Waals surface area (Å²) in [4.78, 5) is 16.0. The average molecular weight is 329 g/mol. The van der Waals surface area contributed by atoms with Crippen LogP contribution < -0.4 is 5.32 Å². The van der Waals surface area contributed by atoms with Crippen LogP contribution in [0.2, 0.25) is 0 Å². The van der Waals surface area contributed by atoms with Crippen molar-refractivity contribution in [1.29, 1.82) is 0 Å². The molecule has 0 saturated carbocycles. The number of amides is 1. The third-order valence-corrected chi connectivity index (χ3v) is 3.43. The molecule has 0 aliphatic carbocycles. The zero-order valence-electron chi connectivity index (χ0n) is 11.4. The van der Waals surface area contributed by atoms with E-state index in [9.17, 15) is 9.90 Å². The van der Waals surface area contributed by atoms with Crippen LogP contribution in [-0.2, 0) is 0 Å². The van der Waals surface area contributed by atoms with Gasteiger partial charge in [0.05, 0.1) is 5.60 Å². The molecule has 0 spiro atoms. The molecule has 0 atom stereocenters. The van der Waals surface area contributed by atoms with Crippen molar-refractivity contribution in [1.82, 2.24) is 10.3 Å². The third-order valence-electron chi connectivity index (χ3n) is 3.00. The van der Waals surface area contributed by atoms with E-state index in [0.29, 0.717) is 23.0 Å². The summed E-state index contributed by atoms with van der Waals surface area (Å²) in [6.07, 6.45) is 4.76. The first kappa shape index (κ1) is 16.1. The summed E-state index contributed by atoms with van der Waals surface area (Å²) in [6, 6.07) is 3.31.